The molecule has 6 heavy (non-hydrogen) atoms. The van der Waals surface area contributed by atoms with Crippen LogP contribution in [0.2, 0.25) is 6.32 Å². The van der Waals surface area contributed by atoms with Crippen LogP contribution >= 0.6 is 0 Å². The Kier molecular flexibility index (Phi) is 0.865. The molecule has 0 aromatic rings. The first-order chi connectivity index (χ1) is 2.80. The Morgan fingerprint density at radius 1 is 1.83 bits per heavy atom. The minimum Gasteiger partial charge on any atom is -0.257 e. The highest BCUT2D eigenvalue weighted by atomic mass is 19.1. The van der Waals surface area contributed by atoms with Crippen LogP contribution in [-0.4, -0.2) is 13.4 Å². The van der Waals surface area contributed by atoms with Gasteiger partial charge in [0.1, 0.15) is 0 Å². The zero-order chi connectivity index (χ0) is 4.57. The third kappa shape index (κ3) is 0.443. The molecule has 33 valence electrons. The maximum absolute atomic E-state index is 11.9. The first kappa shape index (κ1) is 4.16. The zero-order valence-electron chi connectivity index (χ0n) is 3.82. The summed E-state index contributed by atoms with van der Waals surface area (Å²) in [6.07, 6.45) is 0.381. The van der Waals surface area contributed by atoms with Crippen LogP contribution in [0, 0.1) is 5.92 Å². The predicted molar refractivity (Wildman–Crippen MR) is 24.6 cm³/mol. The van der Waals surface area contributed by atoms with E-state index in [1.54, 1.807) is 7.28 Å². The molecule has 0 aromatic heterocycles. The van der Waals surface area contributed by atoms with Crippen molar-refractivity contribution in [1.82, 2.24) is 0 Å². The van der Waals surface area contributed by atoms with Crippen molar-refractivity contribution in [1.29, 1.82) is 0 Å². The van der Waals surface area contributed by atoms with Crippen LogP contribution in [0.3, 0.4) is 0 Å². The van der Waals surface area contributed by atoms with Gasteiger partial charge in [0.15, 0.2) is 7.28 Å². The molecule has 1 aliphatic heterocycles. The summed E-state index contributed by atoms with van der Waals surface area (Å²) in [5.74, 6) is 0.310. The van der Waals surface area contributed by atoms with Gasteiger partial charge in [-0.05, 0) is 5.92 Å². The molecule has 1 fully saturated rings. The van der Waals surface area contributed by atoms with Crippen LogP contribution in [0.25, 0.3) is 0 Å². The quantitative estimate of drug-likeness (QED) is 0.385. The monoisotopic (exact) mass is 85.1 g/mol. The molecule has 0 bridgehead atoms. The Morgan fingerprint density at radius 2 is 2.33 bits per heavy atom. The van der Waals surface area contributed by atoms with E-state index in [0.29, 0.717) is 5.92 Å². The lowest BCUT2D eigenvalue weighted by molar-refractivity contribution is 0.311. The Hall–Kier alpha value is -0.00506. The lowest BCUT2D eigenvalue weighted by atomic mass is 9.50. The first-order valence-electron chi connectivity index (χ1n) is 2.28. The molecule has 0 nitrogen and oxygen atoms in total. The molecule has 1 heterocycles. The van der Waals surface area contributed by atoms with Crippen molar-refractivity contribution < 1.29 is 4.39 Å². The molecule has 0 N–H and O–H groups in total. The molecule has 1 aliphatic rings. The fourth-order valence-electron chi connectivity index (χ4n) is 0.511. The van der Waals surface area contributed by atoms with Crippen molar-refractivity contribution >= 4 is 7.28 Å². The molecular weight excluding hydrogens is 77.9 g/mol. The van der Waals surface area contributed by atoms with Crippen LogP contribution in [0.5, 0.6) is 0 Å². The third-order valence-corrected chi connectivity index (χ3v) is 1.28. The Labute approximate surface area is 38.0 Å². The lowest BCUT2D eigenvalue weighted by Crippen LogP contribution is -2.32. The largest absolute Gasteiger partial charge is 0.257 e. The molecular formula is C4H7BF. The van der Waals surface area contributed by atoms with Crippen LogP contribution in [0.4, 0.5) is 4.39 Å². The maximum atomic E-state index is 11.9. The molecule has 0 saturated carbocycles. The zero-order valence-corrected chi connectivity index (χ0v) is 3.82. The van der Waals surface area contributed by atoms with Crippen LogP contribution in [-0.2, 0) is 0 Å². The second-order valence-electron chi connectivity index (χ2n) is 1.89. The molecule has 0 aliphatic carbocycles. The van der Waals surface area contributed by atoms with E-state index in [1.807, 2.05) is 6.92 Å². The van der Waals surface area contributed by atoms with Gasteiger partial charge in [-0.25, -0.2) is 0 Å². The topological polar surface area (TPSA) is 0 Å². The predicted octanol–water partition coefficient (Wildman–Crippen LogP) is 1.05. The van der Waals surface area contributed by atoms with Gasteiger partial charge in [0, 0.05) is 0 Å². The molecule has 2 heteroatoms. The van der Waals surface area contributed by atoms with Crippen LogP contribution < -0.4 is 0 Å². The van der Waals surface area contributed by atoms with Gasteiger partial charge in [-0.1, -0.05) is 13.2 Å². The second kappa shape index (κ2) is 1.25. The van der Waals surface area contributed by atoms with Crippen LogP contribution in [0.1, 0.15) is 6.92 Å². The van der Waals surface area contributed by atoms with Crippen molar-refractivity contribution in [3.05, 3.63) is 0 Å². The van der Waals surface area contributed by atoms with E-state index >= 15 is 0 Å². The summed E-state index contributed by atoms with van der Waals surface area (Å²) >= 11 is 0. The highest BCUT2D eigenvalue weighted by Gasteiger charge is 2.26. The van der Waals surface area contributed by atoms with E-state index < -0.39 is 6.07 Å². The van der Waals surface area contributed by atoms with Gasteiger partial charge in [0.05, 0.1) is 6.07 Å². The van der Waals surface area contributed by atoms with E-state index in [4.69, 9.17) is 0 Å². The van der Waals surface area contributed by atoms with Crippen molar-refractivity contribution in [2.45, 2.75) is 19.3 Å². The number of hydrogen-bond donors (Lipinski definition) is 0. The first-order valence-corrected chi connectivity index (χ1v) is 2.28. The second-order valence-corrected chi connectivity index (χ2v) is 1.89. The fraction of sp³-hybridized carbons (Fsp3) is 1.00. The summed E-state index contributed by atoms with van der Waals surface area (Å²) < 4.78 is 11.9. The van der Waals surface area contributed by atoms with E-state index in [-0.39, 0.29) is 0 Å². The average molecular weight is 84.9 g/mol. The van der Waals surface area contributed by atoms with Crippen molar-refractivity contribution in [3.8, 4) is 0 Å². The average Bonchev–Trinajstić information content (AvgIpc) is 1.61. The maximum Gasteiger partial charge on any atom is 0.157 e. The number of halogens is 1. The standard InChI is InChI=1S/C4H7BF/c1-3-2-5-4(3)6/h3-4H,2H2,1H3/t3-,4?/m1/s1. The molecule has 1 radical (unpaired) electrons. The Balaban J connectivity index is 2.20. The Bertz CT molecular complexity index is 47.5. The smallest absolute Gasteiger partial charge is 0.157 e. The molecule has 0 aromatic carbocycles. The molecule has 1 rings (SSSR count). The normalized spacial score (nSPS) is 43.7. The fourth-order valence-corrected chi connectivity index (χ4v) is 0.511. The van der Waals surface area contributed by atoms with E-state index in [2.05, 4.69) is 0 Å². The number of rotatable bonds is 0. The van der Waals surface area contributed by atoms with Crippen molar-refractivity contribution in [3.63, 3.8) is 0 Å². The van der Waals surface area contributed by atoms with Gasteiger partial charge in [-0.3, -0.25) is 4.39 Å². The minimum atomic E-state index is -0.593. The summed E-state index contributed by atoms with van der Waals surface area (Å²) in [5, 5.41) is 0. The summed E-state index contributed by atoms with van der Waals surface area (Å²) in [5.41, 5.74) is 0. The van der Waals surface area contributed by atoms with Gasteiger partial charge in [-0.2, -0.15) is 0 Å². The van der Waals surface area contributed by atoms with Gasteiger partial charge in [0.25, 0.3) is 0 Å². The van der Waals surface area contributed by atoms with Gasteiger partial charge < -0.3 is 0 Å². The molecule has 2 atom stereocenters. The SMILES string of the molecule is C[C@@H]1C[B]C1F. The van der Waals surface area contributed by atoms with E-state index in [0.717, 1.165) is 6.32 Å². The summed E-state index contributed by atoms with van der Waals surface area (Å²) in [4.78, 5) is 0. The third-order valence-electron chi connectivity index (χ3n) is 1.28. The summed E-state index contributed by atoms with van der Waals surface area (Å²) in [6.45, 7) is 1.92. The molecule has 1 unspecified atom stereocenters. The van der Waals surface area contributed by atoms with Crippen LogP contribution in [0.15, 0.2) is 0 Å². The molecule has 1 saturated heterocycles. The minimum absolute atomic E-state index is 0.310. The lowest BCUT2D eigenvalue weighted by Gasteiger charge is -2.24. The van der Waals surface area contributed by atoms with E-state index in [9.17, 15) is 4.39 Å². The summed E-state index contributed by atoms with van der Waals surface area (Å²) in [6, 6.07) is 0. The Morgan fingerprint density at radius 3 is 2.33 bits per heavy atom. The van der Waals surface area contributed by atoms with Crippen molar-refractivity contribution in [2.75, 3.05) is 0 Å². The number of hydrogen-bond acceptors (Lipinski definition) is 0. The number of alkyl halides is 1. The highest BCUT2D eigenvalue weighted by molar-refractivity contribution is 6.41. The van der Waals surface area contributed by atoms with Crippen molar-refractivity contribution in [2.24, 2.45) is 5.92 Å². The molecule has 0 spiro atoms. The van der Waals surface area contributed by atoms with Gasteiger partial charge in [-0.15, -0.1) is 0 Å². The van der Waals surface area contributed by atoms with E-state index in [1.165, 1.54) is 0 Å². The highest BCUT2D eigenvalue weighted by Crippen LogP contribution is 2.22. The van der Waals surface area contributed by atoms with Gasteiger partial charge in [0.2, 0.25) is 0 Å². The summed E-state index contributed by atoms with van der Waals surface area (Å²) in [7, 11) is 1.70. The van der Waals surface area contributed by atoms with Gasteiger partial charge >= 0.3 is 0 Å². The molecule has 0 amide bonds.